The number of carbonyl (C=O) groups excluding carboxylic acids is 1. The van der Waals surface area contributed by atoms with Gasteiger partial charge < -0.3 is 10.1 Å². The molecule has 2 aromatic rings. The van der Waals surface area contributed by atoms with Gasteiger partial charge in [-0.2, -0.15) is 0 Å². The Labute approximate surface area is 131 Å². The van der Waals surface area contributed by atoms with Crippen molar-refractivity contribution < 1.29 is 9.53 Å². The molecule has 1 N–H and O–H groups in total. The third-order valence-electron chi connectivity index (χ3n) is 3.45. The second-order valence-corrected chi connectivity index (χ2v) is 4.99. The summed E-state index contributed by atoms with van der Waals surface area (Å²) in [7, 11) is 1.91. The van der Waals surface area contributed by atoms with Gasteiger partial charge in [0.05, 0.1) is 6.61 Å². The molecular weight excluding hydrogens is 274 g/mol. The molecule has 0 aliphatic carbocycles. The van der Waals surface area contributed by atoms with Crippen LogP contribution in [0.4, 0.5) is 5.69 Å². The van der Waals surface area contributed by atoms with Crippen LogP contribution in [0, 0.1) is 6.92 Å². The van der Waals surface area contributed by atoms with Crippen LogP contribution in [-0.2, 0) is 9.53 Å². The molecule has 0 saturated carbocycles. The van der Waals surface area contributed by atoms with Crippen molar-refractivity contribution in [1.29, 1.82) is 0 Å². The van der Waals surface area contributed by atoms with Gasteiger partial charge in [-0.15, -0.1) is 0 Å². The molecule has 0 bridgehead atoms. The van der Waals surface area contributed by atoms with E-state index >= 15 is 0 Å². The van der Waals surface area contributed by atoms with Crippen LogP contribution < -0.4 is 5.32 Å². The summed E-state index contributed by atoms with van der Waals surface area (Å²) < 4.78 is 4.87. The molecule has 2 rings (SSSR count). The van der Waals surface area contributed by atoms with E-state index in [0.29, 0.717) is 6.61 Å². The first-order valence-corrected chi connectivity index (χ1v) is 7.37. The summed E-state index contributed by atoms with van der Waals surface area (Å²) in [5, 5.41) is 3.16. The van der Waals surface area contributed by atoms with Crippen molar-refractivity contribution >= 4 is 17.7 Å². The molecular formula is C19H21NO2. The van der Waals surface area contributed by atoms with Crippen molar-refractivity contribution in [3.63, 3.8) is 0 Å². The molecule has 0 heterocycles. The first-order chi connectivity index (χ1) is 10.6. The van der Waals surface area contributed by atoms with Gasteiger partial charge in [0.25, 0.3) is 0 Å². The van der Waals surface area contributed by atoms with E-state index in [9.17, 15) is 4.79 Å². The second-order valence-electron chi connectivity index (χ2n) is 4.99. The number of carbonyl (C=O) groups is 1. The molecule has 114 valence electrons. The van der Waals surface area contributed by atoms with E-state index in [2.05, 4.69) is 42.6 Å². The zero-order valence-electron chi connectivity index (χ0n) is 13.2. The fourth-order valence-electron chi connectivity index (χ4n) is 2.22. The lowest BCUT2D eigenvalue weighted by atomic mass is 9.99. The Morgan fingerprint density at radius 1 is 1.18 bits per heavy atom. The van der Waals surface area contributed by atoms with Crippen molar-refractivity contribution in [2.24, 2.45) is 0 Å². The molecule has 0 aromatic heterocycles. The lowest BCUT2D eigenvalue weighted by molar-refractivity contribution is -0.137. The highest BCUT2D eigenvalue weighted by molar-refractivity contribution is 5.87. The van der Waals surface area contributed by atoms with Crippen LogP contribution >= 0.6 is 0 Å². The second kappa shape index (κ2) is 7.46. The normalized spacial score (nSPS) is 10.7. The standard InChI is InChI=1S/C19H21NO2/c1-4-22-19(21)12-8-15-6-9-16(10-7-15)18-13-17(20-3)11-5-14(18)2/h5-13,20H,4H2,1-3H3/b12-8+. The van der Waals surface area contributed by atoms with E-state index in [1.165, 1.54) is 17.2 Å². The Hall–Kier alpha value is -2.55. The van der Waals surface area contributed by atoms with E-state index in [4.69, 9.17) is 4.74 Å². The highest BCUT2D eigenvalue weighted by Crippen LogP contribution is 2.27. The van der Waals surface area contributed by atoms with Gasteiger partial charge in [-0.05, 0) is 54.3 Å². The van der Waals surface area contributed by atoms with Crippen molar-refractivity contribution in [3.8, 4) is 11.1 Å². The summed E-state index contributed by atoms with van der Waals surface area (Å²) in [5.74, 6) is -0.316. The zero-order chi connectivity index (χ0) is 15.9. The zero-order valence-corrected chi connectivity index (χ0v) is 13.2. The number of benzene rings is 2. The Morgan fingerprint density at radius 2 is 1.91 bits per heavy atom. The number of aryl methyl sites for hydroxylation is 1. The van der Waals surface area contributed by atoms with E-state index in [0.717, 1.165) is 16.8 Å². The van der Waals surface area contributed by atoms with Gasteiger partial charge in [0.2, 0.25) is 0 Å². The minimum atomic E-state index is -0.316. The lowest BCUT2D eigenvalue weighted by Gasteiger charge is -2.09. The van der Waals surface area contributed by atoms with Gasteiger partial charge >= 0.3 is 5.97 Å². The number of esters is 1. The summed E-state index contributed by atoms with van der Waals surface area (Å²) in [5.41, 5.74) is 5.65. The molecule has 0 aliphatic heterocycles. The van der Waals surface area contributed by atoms with E-state index < -0.39 is 0 Å². The molecule has 0 spiro atoms. The first-order valence-electron chi connectivity index (χ1n) is 7.37. The van der Waals surface area contributed by atoms with Crippen LogP contribution in [-0.4, -0.2) is 19.6 Å². The minimum absolute atomic E-state index is 0.316. The molecule has 0 radical (unpaired) electrons. The Kier molecular flexibility index (Phi) is 5.37. The molecule has 0 aliphatic rings. The van der Waals surface area contributed by atoms with Crippen molar-refractivity contribution in [3.05, 3.63) is 59.7 Å². The number of nitrogens with one attached hydrogen (secondary N) is 1. The molecule has 0 amide bonds. The van der Waals surface area contributed by atoms with Crippen molar-refractivity contribution in [2.45, 2.75) is 13.8 Å². The average molecular weight is 295 g/mol. The van der Waals surface area contributed by atoms with Crippen LogP contribution in [0.1, 0.15) is 18.1 Å². The van der Waals surface area contributed by atoms with Crippen molar-refractivity contribution in [2.75, 3.05) is 19.0 Å². The average Bonchev–Trinajstić information content (AvgIpc) is 2.54. The number of rotatable bonds is 5. The molecule has 0 saturated heterocycles. The predicted octanol–water partition coefficient (Wildman–Crippen LogP) is 4.28. The predicted molar refractivity (Wildman–Crippen MR) is 91.8 cm³/mol. The van der Waals surface area contributed by atoms with Gasteiger partial charge in [-0.1, -0.05) is 30.3 Å². The summed E-state index contributed by atoms with van der Waals surface area (Å²) in [4.78, 5) is 11.3. The van der Waals surface area contributed by atoms with E-state index in [-0.39, 0.29) is 5.97 Å². The largest absolute Gasteiger partial charge is 0.463 e. The topological polar surface area (TPSA) is 38.3 Å². The number of anilines is 1. The first kappa shape index (κ1) is 15.8. The van der Waals surface area contributed by atoms with E-state index in [1.807, 2.05) is 19.2 Å². The maximum atomic E-state index is 11.3. The Bertz CT molecular complexity index is 672. The monoisotopic (exact) mass is 295 g/mol. The highest BCUT2D eigenvalue weighted by Gasteiger charge is 2.03. The smallest absolute Gasteiger partial charge is 0.330 e. The Morgan fingerprint density at radius 3 is 2.55 bits per heavy atom. The van der Waals surface area contributed by atoms with Crippen LogP contribution in [0.3, 0.4) is 0 Å². The van der Waals surface area contributed by atoms with Crippen LogP contribution in [0.15, 0.2) is 48.5 Å². The molecule has 0 unspecified atom stereocenters. The SMILES string of the molecule is CCOC(=O)/C=C/c1ccc(-c2cc(NC)ccc2C)cc1. The minimum Gasteiger partial charge on any atom is -0.463 e. The van der Waals surface area contributed by atoms with Crippen molar-refractivity contribution in [1.82, 2.24) is 0 Å². The Balaban J connectivity index is 2.20. The molecule has 0 fully saturated rings. The molecule has 22 heavy (non-hydrogen) atoms. The molecule has 3 heteroatoms. The molecule has 2 aromatic carbocycles. The summed E-state index contributed by atoms with van der Waals surface area (Å²) >= 11 is 0. The summed E-state index contributed by atoms with van der Waals surface area (Å²) in [6.45, 7) is 4.29. The number of ether oxygens (including phenoxy) is 1. The fourth-order valence-corrected chi connectivity index (χ4v) is 2.22. The fraction of sp³-hybridized carbons (Fsp3) is 0.211. The van der Waals surface area contributed by atoms with Crippen LogP contribution in [0.2, 0.25) is 0 Å². The lowest BCUT2D eigenvalue weighted by Crippen LogP contribution is -1.98. The number of hydrogen-bond acceptors (Lipinski definition) is 3. The summed E-state index contributed by atoms with van der Waals surface area (Å²) in [6, 6.07) is 14.4. The van der Waals surface area contributed by atoms with E-state index in [1.54, 1.807) is 13.0 Å². The van der Waals surface area contributed by atoms with Gasteiger partial charge in [0.15, 0.2) is 0 Å². The van der Waals surface area contributed by atoms with Crippen LogP contribution in [0.5, 0.6) is 0 Å². The maximum Gasteiger partial charge on any atom is 0.330 e. The molecule has 0 atom stereocenters. The molecule has 3 nitrogen and oxygen atoms in total. The third-order valence-corrected chi connectivity index (χ3v) is 3.45. The van der Waals surface area contributed by atoms with Gasteiger partial charge in [-0.3, -0.25) is 0 Å². The maximum absolute atomic E-state index is 11.3. The number of hydrogen-bond donors (Lipinski definition) is 1. The summed E-state index contributed by atoms with van der Waals surface area (Å²) in [6.07, 6.45) is 3.21. The van der Waals surface area contributed by atoms with Gasteiger partial charge in [0, 0.05) is 18.8 Å². The quantitative estimate of drug-likeness (QED) is 0.661. The third kappa shape index (κ3) is 3.98. The van der Waals surface area contributed by atoms with Crippen LogP contribution in [0.25, 0.3) is 17.2 Å². The van der Waals surface area contributed by atoms with Gasteiger partial charge in [0.1, 0.15) is 0 Å². The highest BCUT2D eigenvalue weighted by atomic mass is 16.5. The van der Waals surface area contributed by atoms with Gasteiger partial charge in [-0.25, -0.2) is 4.79 Å².